The Morgan fingerprint density at radius 2 is 1.80 bits per heavy atom. The van der Waals surface area contributed by atoms with E-state index >= 15 is 0 Å². The van der Waals surface area contributed by atoms with Gasteiger partial charge in [-0.1, -0.05) is 0 Å². The Labute approximate surface area is 116 Å². The number of rotatable bonds is 5. The number of aromatic nitrogens is 2. The lowest BCUT2D eigenvalue weighted by molar-refractivity contribution is 0.394. The summed E-state index contributed by atoms with van der Waals surface area (Å²) in [6.45, 7) is 0.526. The molecule has 6 heteroatoms. The lowest BCUT2D eigenvalue weighted by Crippen LogP contribution is -2.14. The van der Waals surface area contributed by atoms with E-state index in [1.54, 1.807) is 39.5 Å². The zero-order chi connectivity index (χ0) is 14.5. The van der Waals surface area contributed by atoms with Crippen molar-refractivity contribution in [3.63, 3.8) is 0 Å². The van der Waals surface area contributed by atoms with Crippen LogP contribution in [-0.4, -0.2) is 31.2 Å². The molecule has 0 saturated heterocycles. The van der Waals surface area contributed by atoms with Gasteiger partial charge in [0.05, 0.1) is 19.9 Å². The van der Waals surface area contributed by atoms with Gasteiger partial charge in [-0.2, -0.15) is 0 Å². The summed E-state index contributed by atoms with van der Waals surface area (Å²) in [6, 6.07) is 6.82. The van der Waals surface area contributed by atoms with Crippen molar-refractivity contribution in [1.82, 2.24) is 15.3 Å². The number of nitrogens with one attached hydrogen (secondary N) is 2. The van der Waals surface area contributed by atoms with E-state index in [0.29, 0.717) is 29.6 Å². The molecule has 0 aliphatic heterocycles. The van der Waals surface area contributed by atoms with Gasteiger partial charge < -0.3 is 19.8 Å². The third-order valence-corrected chi connectivity index (χ3v) is 2.78. The molecular formula is C14H17N3O3. The van der Waals surface area contributed by atoms with Crippen LogP contribution in [0.2, 0.25) is 0 Å². The predicted octanol–water partition coefficient (Wildman–Crippen LogP) is 1.17. The summed E-state index contributed by atoms with van der Waals surface area (Å²) < 4.78 is 10.4. The summed E-state index contributed by atoms with van der Waals surface area (Å²) in [7, 11) is 4.95. The van der Waals surface area contributed by atoms with Gasteiger partial charge in [-0.3, -0.25) is 4.79 Å². The fraction of sp³-hybridized carbons (Fsp3) is 0.286. The molecular weight excluding hydrogens is 258 g/mol. The van der Waals surface area contributed by atoms with Crippen LogP contribution in [-0.2, 0) is 6.54 Å². The second kappa shape index (κ2) is 6.21. The number of methoxy groups -OCH3 is 2. The summed E-state index contributed by atoms with van der Waals surface area (Å²) in [5.41, 5.74) is 1.21. The number of aromatic amines is 1. The molecule has 0 aliphatic carbocycles. The van der Waals surface area contributed by atoms with E-state index in [-0.39, 0.29) is 5.56 Å². The topological polar surface area (TPSA) is 76.2 Å². The largest absolute Gasteiger partial charge is 0.497 e. The highest BCUT2D eigenvalue weighted by Gasteiger charge is 2.08. The highest BCUT2D eigenvalue weighted by atomic mass is 16.5. The molecule has 0 saturated carbocycles. The van der Waals surface area contributed by atoms with E-state index in [4.69, 9.17) is 9.47 Å². The van der Waals surface area contributed by atoms with Crippen molar-refractivity contribution in [3.8, 4) is 22.9 Å². The van der Waals surface area contributed by atoms with Gasteiger partial charge >= 0.3 is 0 Å². The van der Waals surface area contributed by atoms with Crippen molar-refractivity contribution in [2.24, 2.45) is 0 Å². The maximum atomic E-state index is 11.7. The summed E-state index contributed by atoms with van der Waals surface area (Å²) >= 11 is 0. The van der Waals surface area contributed by atoms with Crippen molar-refractivity contribution in [1.29, 1.82) is 0 Å². The van der Waals surface area contributed by atoms with Crippen LogP contribution < -0.4 is 20.3 Å². The third-order valence-electron chi connectivity index (χ3n) is 2.78. The number of hydrogen-bond donors (Lipinski definition) is 2. The Kier molecular flexibility index (Phi) is 4.37. The van der Waals surface area contributed by atoms with Crippen molar-refractivity contribution >= 4 is 0 Å². The fourth-order valence-corrected chi connectivity index (χ4v) is 1.86. The molecule has 1 aromatic carbocycles. The van der Waals surface area contributed by atoms with Crippen LogP contribution >= 0.6 is 0 Å². The molecule has 2 aromatic rings. The van der Waals surface area contributed by atoms with E-state index < -0.39 is 0 Å². The molecule has 1 aromatic heterocycles. The molecule has 6 nitrogen and oxygen atoms in total. The molecule has 0 bridgehead atoms. The second-order valence-corrected chi connectivity index (χ2v) is 4.22. The molecule has 106 valence electrons. The highest BCUT2D eigenvalue weighted by molar-refractivity contribution is 5.60. The maximum absolute atomic E-state index is 11.7. The zero-order valence-electron chi connectivity index (χ0n) is 11.7. The molecule has 0 aliphatic rings. The van der Waals surface area contributed by atoms with Gasteiger partial charge in [0, 0.05) is 24.2 Å². The molecule has 1 heterocycles. The van der Waals surface area contributed by atoms with E-state index in [2.05, 4.69) is 15.3 Å². The van der Waals surface area contributed by atoms with Gasteiger partial charge in [-0.05, 0) is 19.2 Å². The average molecular weight is 275 g/mol. The highest BCUT2D eigenvalue weighted by Crippen LogP contribution is 2.27. The SMILES string of the molecule is CNCc1cc(=O)[nH]c(-c2cc(OC)cc(OC)c2)n1. The minimum absolute atomic E-state index is 0.193. The minimum Gasteiger partial charge on any atom is -0.497 e. The van der Waals surface area contributed by atoms with Crippen molar-refractivity contribution in [2.45, 2.75) is 6.54 Å². The lowest BCUT2D eigenvalue weighted by Gasteiger charge is -2.09. The van der Waals surface area contributed by atoms with Gasteiger partial charge in [-0.25, -0.2) is 4.98 Å². The number of hydrogen-bond acceptors (Lipinski definition) is 5. The molecule has 2 N–H and O–H groups in total. The third kappa shape index (κ3) is 3.16. The first-order valence-corrected chi connectivity index (χ1v) is 6.14. The second-order valence-electron chi connectivity index (χ2n) is 4.22. The zero-order valence-corrected chi connectivity index (χ0v) is 11.7. The van der Waals surface area contributed by atoms with Crippen LogP contribution in [0.15, 0.2) is 29.1 Å². The average Bonchev–Trinajstić information content (AvgIpc) is 2.46. The lowest BCUT2D eigenvalue weighted by atomic mass is 10.2. The van der Waals surface area contributed by atoms with Crippen molar-refractivity contribution < 1.29 is 9.47 Å². The van der Waals surface area contributed by atoms with Gasteiger partial charge in [0.1, 0.15) is 17.3 Å². The molecule has 0 amide bonds. The first kappa shape index (κ1) is 14.1. The van der Waals surface area contributed by atoms with Crippen LogP contribution in [0.25, 0.3) is 11.4 Å². The Hall–Kier alpha value is -2.34. The molecule has 0 unspecified atom stereocenters. The Balaban J connectivity index is 2.52. The first-order valence-electron chi connectivity index (χ1n) is 6.14. The minimum atomic E-state index is -0.193. The van der Waals surface area contributed by atoms with Crippen molar-refractivity contribution in [3.05, 3.63) is 40.3 Å². The van der Waals surface area contributed by atoms with E-state index in [0.717, 1.165) is 5.56 Å². The van der Waals surface area contributed by atoms with Gasteiger partial charge in [0.2, 0.25) is 0 Å². The number of ether oxygens (including phenoxy) is 2. The van der Waals surface area contributed by atoms with Crippen molar-refractivity contribution in [2.75, 3.05) is 21.3 Å². The summed E-state index contributed by atoms with van der Waals surface area (Å²) in [5, 5.41) is 2.97. The van der Waals surface area contributed by atoms with Crippen LogP contribution in [0.1, 0.15) is 5.69 Å². The number of H-pyrrole nitrogens is 1. The summed E-state index contributed by atoms with van der Waals surface area (Å²) in [6.07, 6.45) is 0. The van der Waals surface area contributed by atoms with E-state index in [9.17, 15) is 4.79 Å². The summed E-state index contributed by atoms with van der Waals surface area (Å²) in [4.78, 5) is 18.8. The number of nitrogens with zero attached hydrogens (tertiary/aromatic N) is 1. The Morgan fingerprint density at radius 3 is 2.35 bits per heavy atom. The monoisotopic (exact) mass is 275 g/mol. The normalized spacial score (nSPS) is 10.3. The molecule has 0 spiro atoms. The van der Waals surface area contributed by atoms with Crippen LogP contribution in [0.4, 0.5) is 0 Å². The fourth-order valence-electron chi connectivity index (χ4n) is 1.86. The molecule has 20 heavy (non-hydrogen) atoms. The van der Waals surface area contributed by atoms with Gasteiger partial charge in [-0.15, -0.1) is 0 Å². The Morgan fingerprint density at radius 1 is 1.15 bits per heavy atom. The molecule has 0 radical (unpaired) electrons. The van der Waals surface area contributed by atoms with Crippen LogP contribution in [0.5, 0.6) is 11.5 Å². The number of benzene rings is 1. The summed E-state index contributed by atoms with van der Waals surface area (Å²) in [5.74, 6) is 1.77. The standard InChI is InChI=1S/C14H17N3O3/c1-15-8-10-6-13(18)17-14(16-10)9-4-11(19-2)7-12(5-9)20-3/h4-7,15H,8H2,1-3H3,(H,16,17,18). The Bertz CT molecular complexity index is 630. The quantitative estimate of drug-likeness (QED) is 0.856. The smallest absolute Gasteiger partial charge is 0.251 e. The van der Waals surface area contributed by atoms with Gasteiger partial charge in [0.25, 0.3) is 5.56 Å². The maximum Gasteiger partial charge on any atom is 0.251 e. The molecule has 0 atom stereocenters. The van der Waals surface area contributed by atoms with E-state index in [1.807, 2.05) is 0 Å². The van der Waals surface area contributed by atoms with Crippen LogP contribution in [0, 0.1) is 0 Å². The predicted molar refractivity (Wildman–Crippen MR) is 76.2 cm³/mol. The van der Waals surface area contributed by atoms with E-state index in [1.165, 1.54) is 6.07 Å². The van der Waals surface area contributed by atoms with Gasteiger partial charge in [0.15, 0.2) is 0 Å². The van der Waals surface area contributed by atoms with Crippen LogP contribution in [0.3, 0.4) is 0 Å². The first-order chi connectivity index (χ1) is 9.66. The molecule has 0 fully saturated rings. The molecule has 2 rings (SSSR count).